The van der Waals surface area contributed by atoms with Gasteiger partial charge in [0.2, 0.25) is 0 Å². The summed E-state index contributed by atoms with van der Waals surface area (Å²) in [7, 11) is 1.14. The van der Waals surface area contributed by atoms with Crippen molar-refractivity contribution >= 4 is 44.4 Å². The average molecular weight is 466 g/mol. The van der Waals surface area contributed by atoms with Crippen LogP contribution in [0.3, 0.4) is 0 Å². The van der Waals surface area contributed by atoms with Crippen molar-refractivity contribution in [1.29, 1.82) is 0 Å². The molecule has 0 aromatic heterocycles. The van der Waals surface area contributed by atoms with Crippen molar-refractivity contribution in [2.45, 2.75) is 39.0 Å². The number of nitrogens with one attached hydrogen (secondary N) is 1. The molecule has 0 saturated carbocycles. The van der Waals surface area contributed by atoms with Crippen molar-refractivity contribution in [3.63, 3.8) is 0 Å². The summed E-state index contributed by atoms with van der Waals surface area (Å²) < 4.78 is 38.8. The zero-order valence-corrected chi connectivity index (χ0v) is 19.9. The van der Waals surface area contributed by atoms with E-state index < -0.39 is 23.4 Å². The SMILES string of the molecule is CCC.CPCC(C)C.O=C(Nc1cc(F)c(F)c(F)c1)c1ccc(Cl)c(S)c1. The van der Waals surface area contributed by atoms with E-state index in [2.05, 4.69) is 52.3 Å². The molecule has 1 amide bonds. The summed E-state index contributed by atoms with van der Waals surface area (Å²) in [6.45, 7) is 11.0. The minimum absolute atomic E-state index is 0.193. The zero-order chi connectivity index (χ0) is 22.6. The Bertz CT molecular complexity index is 768. The number of anilines is 1. The summed E-state index contributed by atoms with van der Waals surface area (Å²) in [6, 6.07) is 5.66. The lowest BCUT2D eigenvalue weighted by Crippen LogP contribution is -2.12. The second kappa shape index (κ2) is 14.7. The average Bonchev–Trinajstić information content (AvgIpc) is 2.63. The Labute approximate surface area is 183 Å². The van der Waals surface area contributed by atoms with Crippen molar-refractivity contribution in [1.82, 2.24) is 0 Å². The molecule has 0 heterocycles. The Morgan fingerprint density at radius 1 is 1.14 bits per heavy atom. The molecule has 8 heteroatoms. The molecule has 0 radical (unpaired) electrons. The molecule has 0 fully saturated rings. The Morgan fingerprint density at radius 3 is 2.03 bits per heavy atom. The van der Waals surface area contributed by atoms with Crippen molar-refractivity contribution in [2.75, 3.05) is 18.1 Å². The molecular weight excluding hydrogens is 438 g/mol. The van der Waals surface area contributed by atoms with Crippen LogP contribution in [0.15, 0.2) is 35.2 Å². The van der Waals surface area contributed by atoms with E-state index in [0.29, 0.717) is 22.1 Å². The van der Waals surface area contributed by atoms with Gasteiger partial charge in [-0.3, -0.25) is 4.79 Å². The van der Waals surface area contributed by atoms with Gasteiger partial charge >= 0.3 is 0 Å². The zero-order valence-electron chi connectivity index (χ0n) is 17.2. The molecule has 0 bridgehead atoms. The summed E-state index contributed by atoms with van der Waals surface area (Å²) >= 11 is 9.81. The lowest BCUT2D eigenvalue weighted by atomic mass is 10.2. The van der Waals surface area contributed by atoms with Crippen LogP contribution in [0.2, 0.25) is 5.02 Å². The number of halogens is 4. The van der Waals surface area contributed by atoms with E-state index in [0.717, 1.165) is 14.5 Å². The maximum atomic E-state index is 13.0. The lowest BCUT2D eigenvalue weighted by molar-refractivity contribution is 0.102. The normalized spacial score (nSPS) is 10.3. The molecule has 2 rings (SSSR count). The second-order valence-corrected chi connectivity index (χ2v) is 8.54. The van der Waals surface area contributed by atoms with E-state index in [-0.39, 0.29) is 11.3 Å². The molecular formula is C21H28ClF3NOPS. The minimum atomic E-state index is -1.59. The van der Waals surface area contributed by atoms with Crippen LogP contribution in [0, 0.1) is 23.4 Å². The van der Waals surface area contributed by atoms with E-state index in [1.54, 1.807) is 0 Å². The van der Waals surface area contributed by atoms with Crippen LogP contribution in [0.4, 0.5) is 18.9 Å². The highest BCUT2D eigenvalue weighted by atomic mass is 35.5. The molecule has 0 aliphatic carbocycles. The van der Waals surface area contributed by atoms with Gasteiger partial charge in [-0.15, -0.1) is 21.2 Å². The summed E-state index contributed by atoms with van der Waals surface area (Å²) in [5.41, 5.74) is 0.00612. The first-order chi connectivity index (χ1) is 13.6. The fourth-order valence-corrected chi connectivity index (χ4v) is 3.04. The third-order valence-electron chi connectivity index (χ3n) is 3.06. The largest absolute Gasteiger partial charge is 0.322 e. The number of hydrogen-bond acceptors (Lipinski definition) is 2. The van der Waals surface area contributed by atoms with Crippen LogP contribution in [0.5, 0.6) is 0 Å². The summed E-state index contributed by atoms with van der Waals surface area (Å²) in [5, 5.41) is 2.62. The summed E-state index contributed by atoms with van der Waals surface area (Å²) in [6.07, 6.45) is 2.65. The number of hydrogen-bond donors (Lipinski definition) is 2. The van der Waals surface area contributed by atoms with Gasteiger partial charge < -0.3 is 5.32 Å². The molecule has 2 aromatic carbocycles. The van der Waals surface area contributed by atoms with Crippen LogP contribution in [0.1, 0.15) is 44.5 Å². The smallest absolute Gasteiger partial charge is 0.255 e. The van der Waals surface area contributed by atoms with Gasteiger partial charge in [0.1, 0.15) is 0 Å². The fraction of sp³-hybridized carbons (Fsp3) is 0.381. The predicted molar refractivity (Wildman–Crippen MR) is 123 cm³/mol. The maximum Gasteiger partial charge on any atom is 0.255 e. The third kappa shape index (κ3) is 10.9. The van der Waals surface area contributed by atoms with Gasteiger partial charge in [-0.2, -0.15) is 0 Å². The Balaban J connectivity index is 0.000000736. The highest BCUT2D eigenvalue weighted by Crippen LogP contribution is 2.22. The molecule has 1 unspecified atom stereocenters. The van der Waals surface area contributed by atoms with Gasteiger partial charge in [0.05, 0.1) is 5.02 Å². The van der Waals surface area contributed by atoms with E-state index in [4.69, 9.17) is 11.6 Å². The molecule has 2 aromatic rings. The van der Waals surface area contributed by atoms with Gasteiger partial charge in [-0.25, -0.2) is 13.2 Å². The van der Waals surface area contributed by atoms with Gasteiger partial charge in [-0.05, 0) is 36.9 Å². The van der Waals surface area contributed by atoms with Crippen LogP contribution >= 0.6 is 32.8 Å². The monoisotopic (exact) mass is 465 g/mol. The van der Waals surface area contributed by atoms with Gasteiger partial charge in [0.25, 0.3) is 5.91 Å². The van der Waals surface area contributed by atoms with Crippen LogP contribution in [-0.2, 0) is 0 Å². The molecule has 1 N–H and O–H groups in total. The quantitative estimate of drug-likeness (QED) is 0.271. The maximum absolute atomic E-state index is 13.0. The number of rotatable bonds is 4. The molecule has 0 spiro atoms. The highest BCUT2D eigenvalue weighted by molar-refractivity contribution is 7.80. The molecule has 0 aliphatic rings. The van der Waals surface area contributed by atoms with Crippen molar-refractivity contribution in [3.05, 3.63) is 58.4 Å². The number of benzene rings is 2. The second-order valence-electron chi connectivity index (χ2n) is 6.53. The lowest BCUT2D eigenvalue weighted by Gasteiger charge is -2.07. The van der Waals surface area contributed by atoms with E-state index in [9.17, 15) is 18.0 Å². The van der Waals surface area contributed by atoms with Crippen molar-refractivity contribution in [3.8, 4) is 0 Å². The Morgan fingerprint density at radius 2 is 1.66 bits per heavy atom. The van der Waals surface area contributed by atoms with Crippen LogP contribution in [0.25, 0.3) is 0 Å². The molecule has 162 valence electrons. The van der Waals surface area contributed by atoms with E-state index in [1.807, 2.05) is 0 Å². The van der Waals surface area contributed by atoms with Crippen molar-refractivity contribution in [2.24, 2.45) is 5.92 Å². The minimum Gasteiger partial charge on any atom is -0.322 e. The first-order valence-electron chi connectivity index (χ1n) is 9.16. The van der Waals surface area contributed by atoms with Crippen LogP contribution in [-0.4, -0.2) is 18.7 Å². The standard InChI is InChI=1S/C13H7ClF3NOS.C5H13P.C3H8/c14-8-2-1-6(3-11(8)20)13(19)18-7-4-9(15)12(17)10(16)5-7;1-5(2)4-6-3;1-3-2/h1-5,20H,(H,18,19);5-6H,4H2,1-3H3;3H2,1-2H3. The number of amides is 1. The van der Waals surface area contributed by atoms with E-state index in [1.165, 1.54) is 30.8 Å². The first-order valence-corrected chi connectivity index (χ1v) is 11.7. The Kier molecular flexibility index (Phi) is 14.1. The van der Waals surface area contributed by atoms with Gasteiger partial charge in [0, 0.05) is 28.3 Å². The van der Waals surface area contributed by atoms with Gasteiger partial charge in [-0.1, -0.05) is 45.7 Å². The summed E-state index contributed by atoms with van der Waals surface area (Å²) in [5.74, 6) is -4.07. The fourth-order valence-electron chi connectivity index (χ4n) is 1.89. The topological polar surface area (TPSA) is 29.1 Å². The third-order valence-corrected chi connectivity index (χ3v) is 5.12. The first kappa shape index (κ1) is 27.8. The van der Waals surface area contributed by atoms with Crippen molar-refractivity contribution < 1.29 is 18.0 Å². The van der Waals surface area contributed by atoms with E-state index >= 15 is 0 Å². The predicted octanol–water partition coefficient (Wildman–Crippen LogP) is 7.67. The molecule has 29 heavy (non-hydrogen) atoms. The number of thiol groups is 1. The highest BCUT2D eigenvalue weighted by Gasteiger charge is 2.13. The summed E-state index contributed by atoms with van der Waals surface area (Å²) in [4.78, 5) is 12.2. The number of carbonyl (C=O) groups is 1. The van der Waals surface area contributed by atoms with Gasteiger partial charge in [0.15, 0.2) is 17.5 Å². The number of carbonyl (C=O) groups excluding carboxylic acids is 1. The molecule has 0 saturated heterocycles. The van der Waals surface area contributed by atoms with Crippen LogP contribution < -0.4 is 5.32 Å². The molecule has 1 atom stereocenters. The Hall–Kier alpha value is -1.23. The molecule has 0 aliphatic heterocycles. The molecule has 2 nitrogen and oxygen atoms in total.